The van der Waals surface area contributed by atoms with Gasteiger partial charge < -0.3 is 11.1 Å². The predicted octanol–water partition coefficient (Wildman–Crippen LogP) is 4.75. The third-order valence-corrected chi connectivity index (χ3v) is 6.03. The Morgan fingerprint density at radius 2 is 2.00 bits per heavy atom. The molecule has 0 atom stereocenters. The zero-order chi connectivity index (χ0) is 15.4. The van der Waals surface area contributed by atoms with E-state index in [-0.39, 0.29) is 17.8 Å². The fourth-order valence-electron chi connectivity index (χ4n) is 3.46. The minimum Gasteiger partial charge on any atom is -0.330 e. The maximum Gasteiger partial charge on any atom is 0.0408 e. The fraction of sp³-hybridized carbons (Fsp3) is 0.444. The van der Waals surface area contributed by atoms with Gasteiger partial charge in [0.25, 0.3) is 0 Å². The van der Waals surface area contributed by atoms with Crippen LogP contribution in [0.2, 0.25) is 5.02 Å². The second-order valence-electron chi connectivity index (χ2n) is 6.23. The number of nitrogens with one attached hydrogen (secondary N) is 1. The Balaban J connectivity index is 0.00000192. The van der Waals surface area contributed by atoms with Crippen molar-refractivity contribution in [3.8, 4) is 0 Å². The molecule has 1 fully saturated rings. The molecule has 3 N–H and O–H groups in total. The number of hydrogen-bond acceptors (Lipinski definition) is 3. The number of hydrogen-bond donors (Lipinski definition) is 2. The molecular weight excluding hydrogens is 347 g/mol. The molecule has 23 heavy (non-hydrogen) atoms. The van der Waals surface area contributed by atoms with Crippen LogP contribution in [0.15, 0.2) is 41.8 Å². The third kappa shape index (κ3) is 4.49. The van der Waals surface area contributed by atoms with Gasteiger partial charge in [0.1, 0.15) is 0 Å². The molecule has 0 aliphatic heterocycles. The lowest BCUT2D eigenvalue weighted by Crippen LogP contribution is -2.43. The van der Waals surface area contributed by atoms with E-state index in [1.807, 2.05) is 23.5 Å². The van der Waals surface area contributed by atoms with Gasteiger partial charge in [-0.15, -0.1) is 23.7 Å². The lowest BCUT2D eigenvalue weighted by molar-refractivity contribution is 0.251. The summed E-state index contributed by atoms with van der Waals surface area (Å²) in [5, 5.41) is 6.64. The van der Waals surface area contributed by atoms with Gasteiger partial charge in [0.05, 0.1) is 0 Å². The molecular formula is C18H24Cl2N2S. The van der Waals surface area contributed by atoms with Gasteiger partial charge in [-0.2, -0.15) is 0 Å². The van der Waals surface area contributed by atoms with Crippen LogP contribution in [0.4, 0.5) is 0 Å². The Morgan fingerprint density at radius 1 is 1.22 bits per heavy atom. The van der Waals surface area contributed by atoms with Crippen LogP contribution in [-0.2, 0) is 12.0 Å². The first kappa shape index (κ1) is 18.8. The van der Waals surface area contributed by atoms with Gasteiger partial charge in [-0.25, -0.2) is 0 Å². The maximum atomic E-state index is 6.17. The highest BCUT2D eigenvalue weighted by atomic mass is 35.5. The smallest absolute Gasteiger partial charge is 0.0408 e. The topological polar surface area (TPSA) is 38.0 Å². The molecule has 1 aromatic carbocycles. The standard InChI is InChI=1S/C18H23ClN2S.ClH/c19-15-4-1-3-14(11-15)18(13-20)8-6-16(7-9-18)21-12-17-5-2-10-22-17;/h1-5,10-11,16,21H,6-9,12-13,20H2;1H. The van der Waals surface area contributed by atoms with Crippen LogP contribution in [0.1, 0.15) is 36.1 Å². The van der Waals surface area contributed by atoms with Crippen LogP contribution in [0.5, 0.6) is 0 Å². The van der Waals surface area contributed by atoms with Crippen molar-refractivity contribution in [2.45, 2.75) is 43.7 Å². The number of nitrogens with two attached hydrogens (primary N) is 1. The molecule has 0 bridgehead atoms. The second-order valence-corrected chi connectivity index (χ2v) is 7.70. The van der Waals surface area contributed by atoms with Gasteiger partial charge in [0.15, 0.2) is 0 Å². The Hall–Kier alpha value is -0.580. The van der Waals surface area contributed by atoms with Crippen LogP contribution in [-0.4, -0.2) is 12.6 Å². The summed E-state index contributed by atoms with van der Waals surface area (Å²) in [6.07, 6.45) is 4.61. The van der Waals surface area contributed by atoms with Crippen molar-refractivity contribution in [2.24, 2.45) is 5.73 Å². The Kier molecular flexibility index (Phi) is 6.93. The molecule has 0 radical (unpaired) electrons. The molecule has 1 aliphatic rings. The molecule has 0 unspecified atom stereocenters. The Bertz CT molecular complexity index is 593. The minimum absolute atomic E-state index is 0. The third-order valence-electron chi connectivity index (χ3n) is 4.92. The van der Waals surface area contributed by atoms with Crippen molar-refractivity contribution in [1.82, 2.24) is 5.32 Å². The molecule has 2 aromatic rings. The van der Waals surface area contributed by atoms with Crippen molar-refractivity contribution < 1.29 is 0 Å². The second kappa shape index (κ2) is 8.50. The number of thiophene rings is 1. The summed E-state index contributed by atoms with van der Waals surface area (Å²) in [6, 6.07) is 13.1. The van der Waals surface area contributed by atoms with E-state index in [1.54, 1.807) is 0 Å². The fourth-order valence-corrected chi connectivity index (χ4v) is 4.31. The largest absolute Gasteiger partial charge is 0.330 e. The van der Waals surface area contributed by atoms with E-state index in [4.69, 9.17) is 17.3 Å². The summed E-state index contributed by atoms with van der Waals surface area (Å²) in [4.78, 5) is 1.41. The van der Waals surface area contributed by atoms with E-state index < -0.39 is 0 Å². The average Bonchev–Trinajstić information content (AvgIpc) is 3.07. The van der Waals surface area contributed by atoms with Crippen molar-refractivity contribution in [1.29, 1.82) is 0 Å². The SMILES string of the molecule is Cl.NCC1(c2cccc(Cl)c2)CCC(NCc2cccs2)CC1. The Morgan fingerprint density at radius 3 is 2.61 bits per heavy atom. The van der Waals surface area contributed by atoms with Crippen LogP contribution >= 0.6 is 35.3 Å². The summed E-state index contributed by atoms with van der Waals surface area (Å²) < 4.78 is 0. The number of halogens is 2. The first-order valence-electron chi connectivity index (χ1n) is 7.94. The minimum atomic E-state index is 0. The van der Waals surface area contributed by atoms with Gasteiger partial charge in [0, 0.05) is 34.4 Å². The zero-order valence-electron chi connectivity index (χ0n) is 13.1. The van der Waals surface area contributed by atoms with Gasteiger partial charge >= 0.3 is 0 Å². The van der Waals surface area contributed by atoms with E-state index in [9.17, 15) is 0 Å². The van der Waals surface area contributed by atoms with Gasteiger partial charge in [0.2, 0.25) is 0 Å². The van der Waals surface area contributed by atoms with Gasteiger partial charge in [-0.05, 0) is 54.8 Å². The van der Waals surface area contributed by atoms with Crippen LogP contribution < -0.4 is 11.1 Å². The lowest BCUT2D eigenvalue weighted by Gasteiger charge is -2.40. The van der Waals surface area contributed by atoms with Gasteiger partial charge in [-0.3, -0.25) is 0 Å². The summed E-state index contributed by atoms with van der Waals surface area (Å²) in [7, 11) is 0. The molecule has 0 spiro atoms. The van der Waals surface area contributed by atoms with Gasteiger partial charge in [-0.1, -0.05) is 29.8 Å². The summed E-state index contributed by atoms with van der Waals surface area (Å²) in [6.45, 7) is 1.68. The zero-order valence-corrected chi connectivity index (χ0v) is 15.5. The first-order valence-corrected chi connectivity index (χ1v) is 9.19. The monoisotopic (exact) mass is 370 g/mol. The number of benzene rings is 1. The molecule has 2 nitrogen and oxygen atoms in total. The molecule has 0 saturated heterocycles. The molecule has 1 heterocycles. The van der Waals surface area contributed by atoms with E-state index in [1.165, 1.54) is 23.3 Å². The predicted molar refractivity (Wildman–Crippen MR) is 103 cm³/mol. The highest BCUT2D eigenvalue weighted by Gasteiger charge is 2.35. The summed E-state index contributed by atoms with van der Waals surface area (Å²) in [5.74, 6) is 0. The van der Waals surface area contributed by atoms with E-state index in [0.29, 0.717) is 12.6 Å². The van der Waals surface area contributed by atoms with Crippen molar-refractivity contribution in [3.63, 3.8) is 0 Å². The van der Waals surface area contributed by atoms with Crippen LogP contribution in [0.3, 0.4) is 0 Å². The maximum absolute atomic E-state index is 6.17. The van der Waals surface area contributed by atoms with Crippen LogP contribution in [0, 0.1) is 0 Å². The summed E-state index contributed by atoms with van der Waals surface area (Å²) in [5.41, 5.74) is 7.56. The summed E-state index contributed by atoms with van der Waals surface area (Å²) >= 11 is 7.98. The van der Waals surface area contributed by atoms with Crippen molar-refractivity contribution >= 4 is 35.3 Å². The van der Waals surface area contributed by atoms with E-state index in [2.05, 4.69) is 35.0 Å². The molecule has 5 heteroatoms. The lowest BCUT2D eigenvalue weighted by atomic mass is 9.68. The molecule has 0 amide bonds. The van der Waals surface area contributed by atoms with E-state index in [0.717, 1.165) is 24.4 Å². The van der Waals surface area contributed by atoms with Crippen LogP contribution in [0.25, 0.3) is 0 Å². The highest BCUT2D eigenvalue weighted by Crippen LogP contribution is 2.39. The van der Waals surface area contributed by atoms with Crippen molar-refractivity contribution in [3.05, 3.63) is 57.2 Å². The number of rotatable bonds is 5. The molecule has 1 aromatic heterocycles. The molecule has 1 aliphatic carbocycles. The quantitative estimate of drug-likeness (QED) is 0.796. The van der Waals surface area contributed by atoms with E-state index >= 15 is 0 Å². The first-order chi connectivity index (χ1) is 10.7. The average molecular weight is 371 g/mol. The molecule has 1 saturated carbocycles. The normalized spacial score (nSPS) is 24.2. The highest BCUT2D eigenvalue weighted by molar-refractivity contribution is 7.09. The van der Waals surface area contributed by atoms with Crippen molar-refractivity contribution in [2.75, 3.05) is 6.54 Å². The molecule has 126 valence electrons. The Labute approximate surface area is 153 Å². The molecule has 3 rings (SSSR count).